The SMILES string of the molecule is O=C(CSc1nc2sc3c(c2c(=O)n1-c1ccccc1)CCCCC3)NCC(F)(F)F. The Morgan fingerprint density at radius 2 is 1.90 bits per heavy atom. The summed E-state index contributed by atoms with van der Waals surface area (Å²) in [6.07, 6.45) is 0.520. The van der Waals surface area contributed by atoms with E-state index in [1.807, 2.05) is 11.4 Å². The summed E-state index contributed by atoms with van der Waals surface area (Å²) in [6.45, 7) is -1.39. The molecule has 0 atom stereocenters. The van der Waals surface area contributed by atoms with E-state index < -0.39 is 18.6 Å². The molecule has 10 heteroatoms. The lowest BCUT2D eigenvalue weighted by Crippen LogP contribution is -2.35. The van der Waals surface area contributed by atoms with Crippen LogP contribution in [0, 0.1) is 0 Å². The van der Waals surface area contributed by atoms with Crippen LogP contribution in [0.2, 0.25) is 0 Å². The van der Waals surface area contributed by atoms with E-state index in [9.17, 15) is 22.8 Å². The standard InChI is InChI=1S/C21H20F3N3O2S2/c22-21(23,24)12-25-16(28)11-30-20-26-18-17(14-9-5-2-6-10-15(14)31-18)19(29)27(20)13-7-3-1-4-8-13/h1,3-4,7-8H,2,5-6,9-12H2,(H,25,28). The number of benzene rings is 1. The van der Waals surface area contributed by atoms with Gasteiger partial charge in [-0.2, -0.15) is 13.2 Å². The van der Waals surface area contributed by atoms with Crippen molar-refractivity contribution in [3.05, 3.63) is 51.1 Å². The first-order chi connectivity index (χ1) is 14.8. The van der Waals surface area contributed by atoms with Crippen LogP contribution >= 0.6 is 23.1 Å². The smallest absolute Gasteiger partial charge is 0.346 e. The van der Waals surface area contributed by atoms with Crippen molar-refractivity contribution in [1.82, 2.24) is 14.9 Å². The molecule has 0 spiro atoms. The molecule has 0 fully saturated rings. The highest BCUT2D eigenvalue weighted by atomic mass is 32.2. The molecule has 2 aromatic heterocycles. The number of thiophene rings is 1. The van der Waals surface area contributed by atoms with E-state index in [2.05, 4.69) is 4.98 Å². The summed E-state index contributed by atoms with van der Waals surface area (Å²) in [7, 11) is 0. The molecule has 3 aromatic rings. The van der Waals surface area contributed by atoms with Gasteiger partial charge in [0.2, 0.25) is 5.91 Å². The normalized spacial score (nSPS) is 14.3. The number of thioether (sulfide) groups is 1. The number of aryl methyl sites for hydroxylation is 2. The van der Waals surface area contributed by atoms with Gasteiger partial charge in [0.15, 0.2) is 5.16 Å². The third kappa shape index (κ3) is 4.95. The first-order valence-electron chi connectivity index (χ1n) is 9.92. The lowest BCUT2D eigenvalue weighted by atomic mass is 10.1. The van der Waals surface area contributed by atoms with Gasteiger partial charge in [0.1, 0.15) is 11.4 Å². The van der Waals surface area contributed by atoms with E-state index in [4.69, 9.17) is 0 Å². The van der Waals surface area contributed by atoms with Crippen molar-refractivity contribution in [3.8, 4) is 5.69 Å². The molecule has 0 saturated heterocycles. The Balaban J connectivity index is 1.73. The Kier molecular flexibility index (Phi) is 6.38. The number of halogens is 3. The number of carbonyl (C=O) groups excluding carboxylic acids is 1. The number of amides is 1. The molecule has 31 heavy (non-hydrogen) atoms. The Labute approximate surface area is 184 Å². The minimum absolute atomic E-state index is 0.200. The minimum Gasteiger partial charge on any atom is -0.346 e. The molecule has 164 valence electrons. The summed E-state index contributed by atoms with van der Waals surface area (Å²) in [4.78, 5) is 32.0. The van der Waals surface area contributed by atoms with E-state index in [0.29, 0.717) is 21.1 Å². The van der Waals surface area contributed by atoms with Crippen LogP contribution in [0.3, 0.4) is 0 Å². The monoisotopic (exact) mass is 467 g/mol. The molecule has 1 amide bonds. The molecular weight excluding hydrogens is 447 g/mol. The second-order valence-corrected chi connectivity index (χ2v) is 9.32. The highest BCUT2D eigenvalue weighted by molar-refractivity contribution is 7.99. The number of rotatable bonds is 5. The van der Waals surface area contributed by atoms with E-state index in [-0.39, 0.29) is 11.3 Å². The number of nitrogens with zero attached hydrogens (tertiary/aromatic N) is 2. The number of para-hydroxylation sites is 1. The molecule has 1 N–H and O–H groups in total. The summed E-state index contributed by atoms with van der Waals surface area (Å²) < 4.78 is 38.5. The van der Waals surface area contributed by atoms with E-state index in [1.165, 1.54) is 20.8 Å². The highest BCUT2D eigenvalue weighted by Gasteiger charge is 2.28. The Morgan fingerprint density at radius 3 is 2.65 bits per heavy atom. The summed E-state index contributed by atoms with van der Waals surface area (Å²) in [5.74, 6) is -1.04. The number of fused-ring (bicyclic) bond motifs is 3. The van der Waals surface area contributed by atoms with Crippen molar-refractivity contribution in [1.29, 1.82) is 0 Å². The third-order valence-electron chi connectivity index (χ3n) is 5.04. The molecule has 0 saturated carbocycles. The zero-order valence-electron chi connectivity index (χ0n) is 16.5. The summed E-state index contributed by atoms with van der Waals surface area (Å²) >= 11 is 2.46. The molecule has 4 rings (SSSR count). The average molecular weight is 468 g/mol. The zero-order valence-corrected chi connectivity index (χ0v) is 18.1. The maximum atomic E-state index is 13.6. The fourth-order valence-corrected chi connectivity index (χ4v) is 5.79. The van der Waals surface area contributed by atoms with Gasteiger partial charge in [0, 0.05) is 4.88 Å². The van der Waals surface area contributed by atoms with E-state index in [0.717, 1.165) is 49.4 Å². The van der Waals surface area contributed by atoms with Crippen LogP contribution in [0.4, 0.5) is 13.2 Å². The van der Waals surface area contributed by atoms with Crippen molar-refractivity contribution in [3.63, 3.8) is 0 Å². The predicted molar refractivity (Wildman–Crippen MR) is 116 cm³/mol. The van der Waals surface area contributed by atoms with Crippen molar-refractivity contribution in [2.75, 3.05) is 12.3 Å². The van der Waals surface area contributed by atoms with Gasteiger partial charge in [-0.1, -0.05) is 36.4 Å². The van der Waals surface area contributed by atoms with Crippen LogP contribution in [0.15, 0.2) is 40.3 Å². The predicted octanol–water partition coefficient (Wildman–Crippen LogP) is 4.49. The molecule has 0 bridgehead atoms. The summed E-state index contributed by atoms with van der Waals surface area (Å²) in [6, 6.07) is 8.96. The van der Waals surface area contributed by atoms with Crippen molar-refractivity contribution in [2.24, 2.45) is 0 Å². The number of carbonyl (C=O) groups is 1. The van der Waals surface area contributed by atoms with Crippen LogP contribution in [-0.4, -0.2) is 33.9 Å². The molecule has 5 nitrogen and oxygen atoms in total. The number of nitrogens with one attached hydrogen (secondary N) is 1. The first kappa shape index (κ1) is 21.9. The van der Waals surface area contributed by atoms with Crippen LogP contribution in [0.1, 0.15) is 29.7 Å². The van der Waals surface area contributed by atoms with Crippen molar-refractivity contribution < 1.29 is 18.0 Å². The third-order valence-corrected chi connectivity index (χ3v) is 7.17. The quantitative estimate of drug-likeness (QED) is 0.341. The van der Waals surface area contributed by atoms with E-state index in [1.54, 1.807) is 24.3 Å². The molecule has 1 aliphatic rings. The second kappa shape index (κ2) is 9.04. The number of hydrogen-bond donors (Lipinski definition) is 1. The maximum Gasteiger partial charge on any atom is 0.405 e. The zero-order chi connectivity index (χ0) is 22.0. The molecule has 2 heterocycles. The number of hydrogen-bond acceptors (Lipinski definition) is 5. The average Bonchev–Trinajstić information content (AvgIpc) is 2.92. The highest BCUT2D eigenvalue weighted by Crippen LogP contribution is 2.34. The van der Waals surface area contributed by atoms with Crippen LogP contribution in [0.25, 0.3) is 15.9 Å². The van der Waals surface area contributed by atoms with Gasteiger partial charge in [-0.05, 0) is 43.4 Å². The molecule has 0 aliphatic heterocycles. The fraction of sp³-hybridized carbons (Fsp3) is 0.381. The molecule has 0 unspecified atom stereocenters. The summed E-state index contributed by atoms with van der Waals surface area (Å²) in [5.41, 5.74) is 1.47. The lowest BCUT2D eigenvalue weighted by Gasteiger charge is -2.13. The second-order valence-electron chi connectivity index (χ2n) is 7.30. The van der Waals surface area contributed by atoms with Crippen LogP contribution in [-0.2, 0) is 17.6 Å². The Bertz CT molecular complexity index is 1160. The molecule has 0 radical (unpaired) electrons. The van der Waals surface area contributed by atoms with Crippen LogP contribution < -0.4 is 10.9 Å². The summed E-state index contributed by atoms with van der Waals surface area (Å²) in [5, 5.41) is 2.77. The number of alkyl halides is 3. The number of aromatic nitrogens is 2. The topological polar surface area (TPSA) is 64.0 Å². The molecule has 1 aliphatic carbocycles. The van der Waals surface area contributed by atoms with Gasteiger partial charge in [-0.3, -0.25) is 14.2 Å². The Morgan fingerprint density at radius 1 is 1.16 bits per heavy atom. The van der Waals surface area contributed by atoms with E-state index >= 15 is 0 Å². The van der Waals surface area contributed by atoms with Gasteiger partial charge in [-0.15, -0.1) is 11.3 Å². The largest absolute Gasteiger partial charge is 0.405 e. The molecular formula is C21H20F3N3O2S2. The lowest BCUT2D eigenvalue weighted by molar-refractivity contribution is -0.136. The maximum absolute atomic E-state index is 13.6. The van der Waals surface area contributed by atoms with Crippen LogP contribution in [0.5, 0.6) is 0 Å². The van der Waals surface area contributed by atoms with Crippen molar-refractivity contribution in [2.45, 2.75) is 43.4 Å². The Hall–Kier alpha value is -2.33. The van der Waals surface area contributed by atoms with Crippen molar-refractivity contribution >= 4 is 39.2 Å². The van der Waals surface area contributed by atoms with Gasteiger partial charge >= 0.3 is 6.18 Å². The fourth-order valence-electron chi connectivity index (χ4n) is 3.64. The van der Waals surface area contributed by atoms with Gasteiger partial charge < -0.3 is 5.32 Å². The van der Waals surface area contributed by atoms with Gasteiger partial charge in [-0.25, -0.2) is 4.98 Å². The first-order valence-corrected chi connectivity index (χ1v) is 11.7. The minimum atomic E-state index is -4.47. The van der Waals surface area contributed by atoms with Gasteiger partial charge in [0.05, 0.1) is 16.8 Å². The molecule has 1 aromatic carbocycles. The van der Waals surface area contributed by atoms with Gasteiger partial charge in [0.25, 0.3) is 5.56 Å².